The van der Waals surface area contributed by atoms with Crippen molar-refractivity contribution in [2.45, 2.75) is 6.04 Å². The van der Waals surface area contributed by atoms with Crippen LogP contribution < -0.4 is 11.1 Å². The number of rotatable bonds is 3. The van der Waals surface area contributed by atoms with Crippen LogP contribution in [0.5, 0.6) is 0 Å². The van der Waals surface area contributed by atoms with Gasteiger partial charge in [0.2, 0.25) is 5.91 Å². The zero-order chi connectivity index (χ0) is 14.9. The number of carbonyl (C=O) groups is 2. The maximum Gasteiger partial charge on any atom is 0.337 e. The summed E-state index contributed by atoms with van der Waals surface area (Å²) in [6.07, 6.45) is 0. The lowest BCUT2D eigenvalue weighted by Gasteiger charge is -2.16. The number of benzene rings is 1. The SMILES string of the molecule is NC1COCC1C(=O)Nc1c(Cl)cc(Cl)cc1C(=O)O. The fraction of sp³-hybridized carbons (Fsp3) is 0.333. The lowest BCUT2D eigenvalue weighted by atomic mass is 10.0. The topological polar surface area (TPSA) is 102 Å². The van der Waals surface area contributed by atoms with E-state index in [4.69, 9.17) is 38.8 Å². The van der Waals surface area contributed by atoms with Crippen molar-refractivity contribution in [2.75, 3.05) is 18.5 Å². The molecular weight excluding hydrogens is 307 g/mol. The van der Waals surface area contributed by atoms with Crippen LogP contribution in [-0.2, 0) is 9.53 Å². The van der Waals surface area contributed by atoms with Gasteiger partial charge in [0.15, 0.2) is 0 Å². The van der Waals surface area contributed by atoms with E-state index >= 15 is 0 Å². The first-order valence-corrected chi connectivity index (χ1v) is 6.52. The van der Waals surface area contributed by atoms with Gasteiger partial charge in [0.25, 0.3) is 0 Å². The molecule has 0 aliphatic carbocycles. The summed E-state index contributed by atoms with van der Waals surface area (Å²) in [5, 5.41) is 11.8. The van der Waals surface area contributed by atoms with Crippen LogP contribution in [0.3, 0.4) is 0 Å². The molecule has 20 heavy (non-hydrogen) atoms. The van der Waals surface area contributed by atoms with Crippen LogP contribution in [-0.4, -0.2) is 36.2 Å². The van der Waals surface area contributed by atoms with E-state index in [1.165, 1.54) is 12.1 Å². The summed E-state index contributed by atoms with van der Waals surface area (Å²) in [5.41, 5.74) is 5.57. The summed E-state index contributed by atoms with van der Waals surface area (Å²) in [5.74, 6) is -2.21. The van der Waals surface area contributed by atoms with Crippen LogP contribution in [0.25, 0.3) is 0 Å². The number of halogens is 2. The van der Waals surface area contributed by atoms with E-state index < -0.39 is 23.8 Å². The molecule has 0 saturated carbocycles. The lowest BCUT2D eigenvalue weighted by Crippen LogP contribution is -2.37. The number of hydrogen-bond acceptors (Lipinski definition) is 4. The van der Waals surface area contributed by atoms with Gasteiger partial charge in [0, 0.05) is 11.1 Å². The molecule has 2 unspecified atom stereocenters. The number of ether oxygens (including phenoxy) is 1. The maximum absolute atomic E-state index is 12.1. The zero-order valence-corrected chi connectivity index (χ0v) is 11.7. The Kier molecular flexibility index (Phi) is 4.49. The third-order valence-corrected chi connectivity index (χ3v) is 3.51. The van der Waals surface area contributed by atoms with Crippen LogP contribution in [0.4, 0.5) is 5.69 Å². The van der Waals surface area contributed by atoms with Crippen molar-refractivity contribution >= 4 is 40.8 Å². The largest absolute Gasteiger partial charge is 0.478 e. The van der Waals surface area contributed by atoms with Crippen molar-refractivity contribution in [3.63, 3.8) is 0 Å². The van der Waals surface area contributed by atoms with Gasteiger partial charge in [-0.2, -0.15) is 0 Å². The second-order valence-electron chi connectivity index (χ2n) is 4.41. The first-order valence-electron chi connectivity index (χ1n) is 5.76. The Morgan fingerprint density at radius 3 is 2.60 bits per heavy atom. The third-order valence-electron chi connectivity index (χ3n) is 2.99. The number of nitrogens with two attached hydrogens (primary N) is 1. The Bertz CT molecular complexity index is 565. The standard InChI is InChI=1S/C12H12Cl2N2O4/c13-5-1-6(12(18)19)10(8(14)2-5)16-11(17)7-3-20-4-9(7)15/h1-2,7,9H,3-4,15H2,(H,16,17)(H,18,19). The summed E-state index contributed by atoms with van der Waals surface area (Å²) in [7, 11) is 0. The number of nitrogens with one attached hydrogen (secondary N) is 1. The molecule has 1 saturated heterocycles. The van der Waals surface area contributed by atoms with Crippen LogP contribution in [0.15, 0.2) is 12.1 Å². The van der Waals surface area contributed by atoms with E-state index in [-0.39, 0.29) is 34.5 Å². The highest BCUT2D eigenvalue weighted by molar-refractivity contribution is 6.37. The van der Waals surface area contributed by atoms with Crippen molar-refractivity contribution in [1.29, 1.82) is 0 Å². The van der Waals surface area contributed by atoms with E-state index in [0.717, 1.165) is 0 Å². The molecule has 1 heterocycles. The molecule has 8 heteroatoms. The van der Waals surface area contributed by atoms with Crippen molar-refractivity contribution in [3.8, 4) is 0 Å². The van der Waals surface area contributed by atoms with Gasteiger partial charge in [-0.25, -0.2) is 4.79 Å². The molecule has 0 aromatic heterocycles. The number of aromatic carboxylic acids is 1. The second-order valence-corrected chi connectivity index (χ2v) is 5.26. The normalized spacial score (nSPS) is 21.8. The van der Waals surface area contributed by atoms with Gasteiger partial charge in [-0.1, -0.05) is 23.2 Å². The Labute approximate surface area is 124 Å². The van der Waals surface area contributed by atoms with E-state index in [9.17, 15) is 9.59 Å². The molecule has 6 nitrogen and oxygen atoms in total. The summed E-state index contributed by atoms with van der Waals surface area (Å²) in [6.45, 7) is 0.485. The summed E-state index contributed by atoms with van der Waals surface area (Å²) >= 11 is 11.7. The number of carbonyl (C=O) groups excluding carboxylic acids is 1. The average Bonchev–Trinajstić information content (AvgIpc) is 2.78. The number of carboxylic acid groups (broad SMARTS) is 1. The maximum atomic E-state index is 12.1. The van der Waals surface area contributed by atoms with Gasteiger partial charge in [-0.05, 0) is 12.1 Å². The van der Waals surface area contributed by atoms with Crippen molar-refractivity contribution in [3.05, 3.63) is 27.7 Å². The molecule has 2 atom stereocenters. The minimum atomic E-state index is -1.24. The lowest BCUT2D eigenvalue weighted by molar-refractivity contribution is -0.120. The molecule has 1 amide bonds. The van der Waals surface area contributed by atoms with Crippen LogP contribution in [0, 0.1) is 5.92 Å². The molecule has 1 fully saturated rings. The summed E-state index contributed by atoms with van der Waals surface area (Å²) < 4.78 is 5.10. The Morgan fingerprint density at radius 2 is 2.05 bits per heavy atom. The van der Waals surface area contributed by atoms with E-state index in [1.807, 2.05) is 0 Å². The molecule has 2 rings (SSSR count). The fourth-order valence-corrected chi connectivity index (χ4v) is 2.47. The van der Waals surface area contributed by atoms with E-state index in [2.05, 4.69) is 5.32 Å². The minimum Gasteiger partial charge on any atom is -0.478 e. The first kappa shape index (κ1) is 15.1. The van der Waals surface area contributed by atoms with Crippen LogP contribution in [0.2, 0.25) is 10.0 Å². The van der Waals surface area contributed by atoms with Crippen molar-refractivity contribution < 1.29 is 19.4 Å². The molecule has 1 aromatic rings. The highest BCUT2D eigenvalue weighted by Crippen LogP contribution is 2.31. The molecule has 1 aromatic carbocycles. The highest BCUT2D eigenvalue weighted by atomic mass is 35.5. The van der Waals surface area contributed by atoms with Gasteiger partial charge in [0.1, 0.15) is 0 Å². The van der Waals surface area contributed by atoms with E-state index in [1.54, 1.807) is 0 Å². The Morgan fingerprint density at radius 1 is 1.35 bits per heavy atom. The molecule has 0 radical (unpaired) electrons. The number of hydrogen-bond donors (Lipinski definition) is 3. The van der Waals surface area contributed by atoms with Gasteiger partial charge in [-0.3, -0.25) is 4.79 Å². The quantitative estimate of drug-likeness (QED) is 0.785. The molecular formula is C12H12Cl2N2O4. The average molecular weight is 319 g/mol. The van der Waals surface area contributed by atoms with Gasteiger partial charge >= 0.3 is 5.97 Å². The van der Waals surface area contributed by atoms with Crippen molar-refractivity contribution in [1.82, 2.24) is 0 Å². The fourth-order valence-electron chi connectivity index (χ4n) is 1.93. The predicted molar refractivity (Wildman–Crippen MR) is 74.3 cm³/mol. The highest BCUT2D eigenvalue weighted by Gasteiger charge is 2.32. The van der Waals surface area contributed by atoms with Gasteiger partial charge in [-0.15, -0.1) is 0 Å². The molecule has 0 spiro atoms. The Balaban J connectivity index is 2.29. The van der Waals surface area contributed by atoms with Crippen LogP contribution >= 0.6 is 23.2 Å². The van der Waals surface area contributed by atoms with Crippen molar-refractivity contribution in [2.24, 2.45) is 11.7 Å². The molecule has 108 valence electrons. The smallest absolute Gasteiger partial charge is 0.337 e. The van der Waals surface area contributed by atoms with Crippen LogP contribution in [0.1, 0.15) is 10.4 Å². The Hall–Kier alpha value is -1.34. The molecule has 1 aliphatic rings. The minimum absolute atomic E-state index is 0.00710. The zero-order valence-electron chi connectivity index (χ0n) is 10.2. The van der Waals surface area contributed by atoms with Gasteiger partial charge in [0.05, 0.1) is 35.4 Å². The van der Waals surface area contributed by atoms with Gasteiger partial charge < -0.3 is 20.9 Å². The molecule has 1 aliphatic heterocycles. The molecule has 4 N–H and O–H groups in total. The monoisotopic (exact) mass is 318 g/mol. The first-order chi connectivity index (χ1) is 9.40. The third kappa shape index (κ3) is 3.04. The number of amides is 1. The van der Waals surface area contributed by atoms with E-state index in [0.29, 0.717) is 0 Å². The second kappa shape index (κ2) is 5.97. The predicted octanol–water partition coefficient (Wildman–Crippen LogP) is 1.60. The summed E-state index contributed by atoms with van der Waals surface area (Å²) in [4.78, 5) is 23.3. The summed E-state index contributed by atoms with van der Waals surface area (Å²) in [6, 6.07) is 2.15. The number of anilines is 1. The number of carboxylic acids is 1. The molecule has 0 bridgehead atoms.